The molecular weight excluding hydrogens is 1040 g/mol. The Morgan fingerprint density at radius 3 is 0.962 bits per heavy atom. The van der Waals surface area contributed by atoms with Gasteiger partial charge in [-0.25, -0.2) is 4.90 Å². The Labute approximate surface area is 464 Å². The molecular formula is C54H87N3O22. The largest absolute Gasteiger partial charge is 0.487 e. The van der Waals surface area contributed by atoms with Crippen LogP contribution < -0.4 is 29.7 Å². The van der Waals surface area contributed by atoms with E-state index >= 15 is 0 Å². The Kier molecular flexibility index (Phi) is 37.4. The summed E-state index contributed by atoms with van der Waals surface area (Å²) in [5.41, 5.74) is -0.0453. The van der Waals surface area contributed by atoms with Crippen LogP contribution >= 0.6 is 0 Å². The average molecular weight is 1130 g/mol. The van der Waals surface area contributed by atoms with E-state index < -0.39 is 41.9 Å². The maximum absolute atomic E-state index is 14.5. The van der Waals surface area contributed by atoms with Crippen molar-refractivity contribution < 1.29 is 104 Å². The molecule has 0 aliphatic carbocycles. The van der Waals surface area contributed by atoms with Crippen LogP contribution in [-0.4, -0.2) is 242 Å². The molecule has 4 amide bonds. The average Bonchev–Trinajstić information content (AvgIpc) is 4.00. The fourth-order valence-corrected chi connectivity index (χ4v) is 6.97. The van der Waals surface area contributed by atoms with Gasteiger partial charge >= 0.3 is 0 Å². The number of hydrogen-bond acceptors (Lipinski definition) is 22. The molecule has 79 heavy (non-hydrogen) atoms. The monoisotopic (exact) mass is 1130 g/mol. The summed E-state index contributed by atoms with van der Waals surface area (Å²) >= 11 is 0. The fraction of sp³-hybridized carbons (Fsp3) is 0.704. The molecule has 3 atom stereocenters. The van der Waals surface area contributed by atoms with Crippen molar-refractivity contribution in [2.75, 3.05) is 215 Å². The zero-order valence-electron chi connectivity index (χ0n) is 47.6. The van der Waals surface area contributed by atoms with Crippen LogP contribution in [0.15, 0.2) is 24.3 Å². The van der Waals surface area contributed by atoms with E-state index in [1.54, 1.807) is 21.3 Å². The number of carbonyl (C=O) groups is 4. The molecule has 0 spiro atoms. The Balaban J connectivity index is 1.82. The molecule has 0 saturated carbocycles. The van der Waals surface area contributed by atoms with Gasteiger partial charge in [-0.05, 0) is 32.9 Å². The second kappa shape index (κ2) is 43.1. The number of benzene rings is 2. The van der Waals surface area contributed by atoms with Crippen molar-refractivity contribution in [2.45, 2.75) is 52.9 Å². The standard InChI is InChI=1S/C54H87N3O22/c1-40(74-32-29-71-26-23-68-20-17-65-14-11-62-6)37-77-48-35-45(57-53(60)50-46(55-43(4)58)9-10-47(56-44(5)59)51(50)54(57)61)36-49(78-38-41(2)75-33-30-72-27-24-69-21-18-66-15-12-63-7)52(48)79-39-42(3)76-34-31-73-28-25-70-22-19-67-16-13-64-8/h9-10,35-36,40-42H,11-34,37-39H2,1-8H3,(H,55,58)(H,56,59)/t40-,41-,42-/m0/s1. The number of imide groups is 1. The smallest absolute Gasteiger partial charge is 0.268 e. The van der Waals surface area contributed by atoms with E-state index in [2.05, 4.69) is 10.6 Å². The highest BCUT2D eigenvalue weighted by atomic mass is 16.6. The third-order valence-electron chi connectivity index (χ3n) is 10.8. The van der Waals surface area contributed by atoms with Crippen LogP contribution in [0, 0.1) is 0 Å². The summed E-state index contributed by atoms with van der Waals surface area (Å²) < 4.78 is 102. The summed E-state index contributed by atoms with van der Waals surface area (Å²) in [4.78, 5) is 54.6. The third-order valence-corrected chi connectivity index (χ3v) is 10.8. The number of amides is 4. The van der Waals surface area contributed by atoms with Gasteiger partial charge < -0.3 is 95.9 Å². The molecule has 2 N–H and O–H groups in total. The number of rotatable bonds is 51. The molecule has 0 unspecified atom stereocenters. The van der Waals surface area contributed by atoms with E-state index in [1.807, 2.05) is 20.8 Å². The fourth-order valence-electron chi connectivity index (χ4n) is 6.97. The minimum absolute atomic E-state index is 0.00726. The van der Waals surface area contributed by atoms with E-state index in [0.717, 1.165) is 4.90 Å². The summed E-state index contributed by atoms with van der Waals surface area (Å²) in [6.07, 6.45) is -1.45. The highest BCUT2D eigenvalue weighted by molar-refractivity contribution is 6.38. The predicted octanol–water partition coefficient (Wildman–Crippen LogP) is 3.84. The van der Waals surface area contributed by atoms with E-state index in [0.29, 0.717) is 126 Å². The van der Waals surface area contributed by atoms with Crippen molar-refractivity contribution in [2.24, 2.45) is 0 Å². The molecule has 25 nitrogen and oxygen atoms in total. The van der Waals surface area contributed by atoms with Crippen LogP contribution in [0.5, 0.6) is 17.2 Å². The lowest BCUT2D eigenvalue weighted by molar-refractivity contribution is -0.115. The second-order valence-electron chi connectivity index (χ2n) is 17.5. The summed E-state index contributed by atoms with van der Waals surface area (Å²) in [5.74, 6) is -2.20. The van der Waals surface area contributed by atoms with Crippen molar-refractivity contribution in [3.05, 3.63) is 35.4 Å². The van der Waals surface area contributed by atoms with Gasteiger partial charge in [-0.1, -0.05) is 0 Å². The van der Waals surface area contributed by atoms with Crippen molar-refractivity contribution in [3.63, 3.8) is 0 Å². The number of ether oxygens (including phenoxy) is 18. The van der Waals surface area contributed by atoms with Crippen molar-refractivity contribution in [1.29, 1.82) is 0 Å². The molecule has 0 aromatic heterocycles. The first-order chi connectivity index (χ1) is 38.4. The molecule has 2 aromatic carbocycles. The molecule has 0 fully saturated rings. The lowest BCUT2D eigenvalue weighted by atomic mass is 10.0. The minimum Gasteiger partial charge on any atom is -0.487 e. The zero-order valence-corrected chi connectivity index (χ0v) is 47.6. The van der Waals surface area contributed by atoms with Gasteiger partial charge in [0.25, 0.3) is 11.8 Å². The molecule has 0 saturated heterocycles. The first kappa shape index (κ1) is 68.6. The van der Waals surface area contributed by atoms with Crippen molar-refractivity contribution in [1.82, 2.24) is 0 Å². The van der Waals surface area contributed by atoms with E-state index in [1.165, 1.54) is 38.1 Å². The van der Waals surface area contributed by atoms with Gasteiger partial charge in [0, 0.05) is 47.3 Å². The van der Waals surface area contributed by atoms with Gasteiger partial charge in [0.2, 0.25) is 17.6 Å². The van der Waals surface area contributed by atoms with Crippen LogP contribution in [0.1, 0.15) is 55.3 Å². The third kappa shape index (κ3) is 29.0. The second-order valence-corrected chi connectivity index (χ2v) is 17.5. The molecule has 2 aromatic rings. The number of carbonyl (C=O) groups excluding carboxylic acids is 4. The first-order valence-electron chi connectivity index (χ1n) is 26.6. The van der Waals surface area contributed by atoms with Gasteiger partial charge in [-0.3, -0.25) is 19.2 Å². The molecule has 1 aliphatic heterocycles. The number of nitrogens with zero attached hydrogens (tertiary/aromatic N) is 1. The van der Waals surface area contributed by atoms with Crippen molar-refractivity contribution in [3.8, 4) is 17.2 Å². The maximum Gasteiger partial charge on any atom is 0.268 e. The number of fused-ring (bicyclic) bond motifs is 1. The van der Waals surface area contributed by atoms with E-state index in [4.69, 9.17) is 85.3 Å². The number of nitrogens with one attached hydrogen (secondary N) is 2. The van der Waals surface area contributed by atoms with Crippen molar-refractivity contribution >= 4 is 40.7 Å². The van der Waals surface area contributed by atoms with Crippen LogP contribution in [0.3, 0.4) is 0 Å². The summed E-state index contributed by atoms with van der Waals surface area (Å²) in [6.45, 7) is 17.5. The highest BCUT2D eigenvalue weighted by Crippen LogP contribution is 2.45. The number of anilines is 3. The van der Waals surface area contributed by atoms with E-state index in [-0.39, 0.29) is 98.3 Å². The number of hydrogen-bond donors (Lipinski definition) is 2. The molecule has 0 bridgehead atoms. The molecule has 25 heteroatoms. The lowest BCUT2D eigenvalue weighted by Crippen LogP contribution is -2.30. The molecule has 450 valence electrons. The zero-order chi connectivity index (χ0) is 57.3. The molecule has 3 rings (SSSR count). The number of methoxy groups -OCH3 is 3. The Morgan fingerprint density at radius 2 is 0.684 bits per heavy atom. The lowest BCUT2D eigenvalue weighted by Gasteiger charge is -2.24. The minimum atomic E-state index is -0.778. The first-order valence-corrected chi connectivity index (χ1v) is 26.6. The van der Waals surface area contributed by atoms with E-state index in [9.17, 15) is 19.2 Å². The topological polar surface area (TPSA) is 262 Å². The van der Waals surface area contributed by atoms with Gasteiger partial charge in [0.1, 0.15) is 19.8 Å². The van der Waals surface area contributed by atoms with Crippen LogP contribution in [-0.2, 0) is 80.6 Å². The van der Waals surface area contributed by atoms with Gasteiger partial charge in [-0.2, -0.15) is 0 Å². The van der Waals surface area contributed by atoms with Gasteiger partial charge in [-0.15, -0.1) is 0 Å². The summed E-state index contributed by atoms with van der Waals surface area (Å²) in [5, 5.41) is 5.26. The van der Waals surface area contributed by atoms with Crippen LogP contribution in [0.2, 0.25) is 0 Å². The molecule has 1 heterocycles. The quantitative estimate of drug-likeness (QED) is 0.0704. The maximum atomic E-state index is 14.5. The Morgan fingerprint density at radius 1 is 0.418 bits per heavy atom. The molecule has 0 radical (unpaired) electrons. The Bertz CT molecular complexity index is 1890. The normalized spacial score (nSPS) is 13.4. The van der Waals surface area contributed by atoms with Crippen LogP contribution in [0.25, 0.3) is 0 Å². The summed E-state index contributed by atoms with van der Waals surface area (Å²) in [7, 11) is 4.84. The van der Waals surface area contributed by atoms with Gasteiger partial charge in [0.15, 0.2) is 11.5 Å². The van der Waals surface area contributed by atoms with Crippen LogP contribution in [0.4, 0.5) is 17.1 Å². The SMILES string of the molecule is COCCOCCOCCOCCO[C@@H](C)COc1cc(N2C(=O)c3c(NC(C)=O)ccc(NC(C)=O)c3C2=O)cc(OC[C@H](C)OCCOCCOCCOCCOC)c1OC[C@H](C)OCCOCCOCCOCCOC. The predicted molar refractivity (Wildman–Crippen MR) is 288 cm³/mol. The summed E-state index contributed by atoms with van der Waals surface area (Å²) in [6, 6.07) is 5.83. The Hall–Kier alpha value is -4.68. The highest BCUT2D eigenvalue weighted by Gasteiger charge is 2.42. The van der Waals surface area contributed by atoms with Gasteiger partial charge in [0.05, 0.1) is 205 Å². The molecule has 1 aliphatic rings.